The summed E-state index contributed by atoms with van der Waals surface area (Å²) in [6.45, 7) is 2.22. The van der Waals surface area contributed by atoms with E-state index in [0.29, 0.717) is 17.1 Å². The van der Waals surface area contributed by atoms with Gasteiger partial charge in [-0.1, -0.05) is 12.1 Å². The molecule has 0 saturated carbocycles. The maximum atomic E-state index is 13.3. The zero-order valence-corrected chi connectivity index (χ0v) is 18.3. The van der Waals surface area contributed by atoms with Crippen LogP contribution in [-0.2, 0) is 4.74 Å². The van der Waals surface area contributed by atoms with Crippen LogP contribution in [0.4, 0.5) is 10.1 Å². The molecule has 2 heterocycles. The number of benzene rings is 2. The predicted octanol–water partition coefficient (Wildman–Crippen LogP) is 4.34. The van der Waals surface area contributed by atoms with E-state index < -0.39 is 12.2 Å². The third-order valence-corrected chi connectivity index (χ3v) is 6.37. The molecular weight excluding hydrogens is 431 g/mol. The third-order valence-electron chi connectivity index (χ3n) is 5.06. The van der Waals surface area contributed by atoms with Gasteiger partial charge in [0.15, 0.2) is 0 Å². The summed E-state index contributed by atoms with van der Waals surface area (Å²) in [6, 6.07) is 15.1. The first-order chi connectivity index (χ1) is 15.5. The van der Waals surface area contributed by atoms with Crippen molar-refractivity contribution in [1.82, 2.24) is 4.98 Å². The van der Waals surface area contributed by atoms with Crippen molar-refractivity contribution in [3.05, 3.63) is 89.5 Å². The molecule has 2 aromatic carbocycles. The molecular formula is C24H23FN2O4S. The quantitative estimate of drug-likeness (QED) is 0.421. The van der Waals surface area contributed by atoms with Crippen LogP contribution in [0.2, 0.25) is 0 Å². The first kappa shape index (κ1) is 22.1. The number of carbonyl (C=O) groups excluding carboxylic acids is 1. The second-order valence-electron chi connectivity index (χ2n) is 7.30. The number of aliphatic hydroxyl groups excluding tert-OH is 1. The zero-order valence-electron chi connectivity index (χ0n) is 17.5. The Morgan fingerprint density at radius 1 is 1.22 bits per heavy atom. The summed E-state index contributed by atoms with van der Waals surface area (Å²) in [5.74, 6) is 0.401. The number of aryl methyl sites for hydroxylation is 1. The van der Waals surface area contributed by atoms with E-state index in [1.165, 1.54) is 12.1 Å². The normalized spacial score (nSPS) is 17.9. The minimum atomic E-state index is -0.684. The lowest BCUT2D eigenvalue weighted by molar-refractivity contribution is 0.0450. The van der Waals surface area contributed by atoms with Crippen molar-refractivity contribution >= 4 is 23.4 Å². The number of anilines is 1. The van der Waals surface area contributed by atoms with Gasteiger partial charge in [-0.2, -0.15) is 0 Å². The Hall–Kier alpha value is -3.10. The molecule has 166 valence electrons. The van der Waals surface area contributed by atoms with Crippen LogP contribution in [0.3, 0.4) is 0 Å². The summed E-state index contributed by atoms with van der Waals surface area (Å²) >= 11 is 1.59. The summed E-state index contributed by atoms with van der Waals surface area (Å²) < 4.78 is 24.1. The molecule has 1 N–H and O–H groups in total. The Morgan fingerprint density at radius 2 is 2.03 bits per heavy atom. The van der Waals surface area contributed by atoms with Gasteiger partial charge in [0.05, 0.1) is 11.8 Å². The SMILES string of the molecule is Cc1cc(C(=O)OCCOc2cccnc2)ccc1N1C(O)CSC1c1ccc(F)cc1. The molecule has 0 amide bonds. The monoisotopic (exact) mass is 454 g/mol. The topological polar surface area (TPSA) is 71.9 Å². The van der Waals surface area contributed by atoms with Gasteiger partial charge in [-0.05, 0) is 60.5 Å². The summed E-state index contributed by atoms with van der Waals surface area (Å²) in [7, 11) is 0. The van der Waals surface area contributed by atoms with Crippen molar-refractivity contribution in [1.29, 1.82) is 0 Å². The van der Waals surface area contributed by atoms with Gasteiger partial charge < -0.3 is 19.5 Å². The number of rotatable bonds is 7. The Labute approximate surface area is 190 Å². The predicted molar refractivity (Wildman–Crippen MR) is 121 cm³/mol. The van der Waals surface area contributed by atoms with Crippen LogP contribution in [0.15, 0.2) is 67.0 Å². The largest absolute Gasteiger partial charge is 0.488 e. The fourth-order valence-corrected chi connectivity index (χ4v) is 4.83. The van der Waals surface area contributed by atoms with Crippen molar-refractivity contribution < 1.29 is 23.8 Å². The number of carbonyl (C=O) groups is 1. The molecule has 3 aromatic rings. The molecule has 1 aliphatic heterocycles. The number of pyridine rings is 1. The zero-order chi connectivity index (χ0) is 22.5. The van der Waals surface area contributed by atoms with Crippen LogP contribution < -0.4 is 9.64 Å². The van der Waals surface area contributed by atoms with E-state index in [-0.39, 0.29) is 24.4 Å². The first-order valence-corrected chi connectivity index (χ1v) is 11.2. The number of halogens is 1. The van der Waals surface area contributed by atoms with Crippen LogP contribution in [0.25, 0.3) is 0 Å². The van der Waals surface area contributed by atoms with Crippen molar-refractivity contribution in [2.45, 2.75) is 18.5 Å². The van der Waals surface area contributed by atoms with Gasteiger partial charge in [0.1, 0.15) is 36.4 Å². The molecule has 6 nitrogen and oxygen atoms in total. The van der Waals surface area contributed by atoms with Crippen molar-refractivity contribution in [2.75, 3.05) is 23.9 Å². The van der Waals surface area contributed by atoms with Gasteiger partial charge in [0.25, 0.3) is 0 Å². The molecule has 1 aromatic heterocycles. The van der Waals surface area contributed by atoms with E-state index in [1.807, 2.05) is 17.9 Å². The molecule has 1 fully saturated rings. The maximum Gasteiger partial charge on any atom is 0.338 e. The number of esters is 1. The van der Waals surface area contributed by atoms with Gasteiger partial charge in [0.2, 0.25) is 0 Å². The number of aliphatic hydroxyl groups is 1. The molecule has 0 spiro atoms. The van der Waals surface area contributed by atoms with Crippen molar-refractivity contribution in [2.24, 2.45) is 0 Å². The molecule has 2 unspecified atom stereocenters. The Bertz CT molecular complexity index is 1070. The number of aromatic nitrogens is 1. The highest BCUT2D eigenvalue weighted by molar-refractivity contribution is 7.99. The molecule has 2 atom stereocenters. The maximum absolute atomic E-state index is 13.3. The molecule has 0 radical (unpaired) electrons. The summed E-state index contributed by atoms with van der Waals surface area (Å²) in [4.78, 5) is 18.3. The minimum Gasteiger partial charge on any atom is -0.488 e. The Kier molecular flexibility index (Phi) is 6.92. The van der Waals surface area contributed by atoms with E-state index in [2.05, 4.69) is 4.98 Å². The lowest BCUT2D eigenvalue weighted by Crippen LogP contribution is -2.33. The number of thioether (sulfide) groups is 1. The molecule has 4 rings (SSSR count). The standard InChI is InChI=1S/C24H23FN2O4S/c1-16-13-18(24(29)31-12-11-30-20-3-2-10-26-14-20)6-9-21(16)27-22(28)15-32-23(27)17-4-7-19(25)8-5-17/h2-10,13-14,22-23,28H,11-12,15H2,1H3. The van der Waals surface area contributed by atoms with Crippen molar-refractivity contribution in [3.8, 4) is 5.75 Å². The smallest absolute Gasteiger partial charge is 0.338 e. The molecule has 32 heavy (non-hydrogen) atoms. The van der Waals surface area contributed by atoms with Crippen LogP contribution in [0, 0.1) is 12.7 Å². The minimum absolute atomic E-state index is 0.114. The number of hydrogen-bond donors (Lipinski definition) is 1. The van der Waals surface area contributed by atoms with E-state index >= 15 is 0 Å². The van der Waals surface area contributed by atoms with E-state index in [9.17, 15) is 14.3 Å². The molecule has 8 heteroatoms. The first-order valence-electron chi connectivity index (χ1n) is 10.2. The molecule has 0 aliphatic carbocycles. The summed E-state index contributed by atoms with van der Waals surface area (Å²) in [6.07, 6.45) is 2.56. The lowest BCUT2D eigenvalue weighted by atomic mass is 10.1. The van der Waals surface area contributed by atoms with E-state index in [4.69, 9.17) is 9.47 Å². The Balaban J connectivity index is 1.41. The van der Waals surface area contributed by atoms with Crippen LogP contribution in [0.1, 0.15) is 26.9 Å². The van der Waals surface area contributed by atoms with Crippen LogP contribution in [-0.4, -0.2) is 41.3 Å². The highest BCUT2D eigenvalue weighted by Crippen LogP contribution is 2.44. The van der Waals surface area contributed by atoms with Gasteiger partial charge in [0, 0.05) is 17.6 Å². The lowest BCUT2D eigenvalue weighted by Gasteiger charge is -2.30. The molecule has 0 bridgehead atoms. The van der Waals surface area contributed by atoms with Gasteiger partial charge >= 0.3 is 5.97 Å². The van der Waals surface area contributed by atoms with E-state index in [0.717, 1.165) is 16.8 Å². The molecule has 1 aliphatic rings. The van der Waals surface area contributed by atoms with Crippen LogP contribution >= 0.6 is 11.8 Å². The fraction of sp³-hybridized carbons (Fsp3) is 0.250. The number of ether oxygens (including phenoxy) is 2. The average Bonchev–Trinajstić information content (AvgIpc) is 3.18. The second kappa shape index (κ2) is 10.0. The van der Waals surface area contributed by atoms with Gasteiger partial charge in [-0.3, -0.25) is 4.98 Å². The van der Waals surface area contributed by atoms with E-state index in [1.54, 1.807) is 60.6 Å². The summed E-state index contributed by atoms with van der Waals surface area (Å²) in [5, 5.41) is 10.4. The second-order valence-corrected chi connectivity index (χ2v) is 8.41. The average molecular weight is 455 g/mol. The highest BCUT2D eigenvalue weighted by Gasteiger charge is 2.35. The number of nitrogens with zero attached hydrogens (tertiary/aromatic N) is 2. The Morgan fingerprint density at radius 3 is 2.75 bits per heavy atom. The van der Waals surface area contributed by atoms with Gasteiger partial charge in [-0.25, -0.2) is 9.18 Å². The third kappa shape index (κ3) is 5.03. The fourth-order valence-electron chi connectivity index (χ4n) is 3.55. The van der Waals surface area contributed by atoms with Crippen LogP contribution in [0.5, 0.6) is 5.75 Å². The highest BCUT2D eigenvalue weighted by atomic mass is 32.2. The number of hydrogen-bond acceptors (Lipinski definition) is 7. The summed E-state index contributed by atoms with van der Waals surface area (Å²) in [5.41, 5.74) is 2.98. The molecule has 1 saturated heterocycles. The van der Waals surface area contributed by atoms with Crippen molar-refractivity contribution in [3.63, 3.8) is 0 Å². The van der Waals surface area contributed by atoms with Gasteiger partial charge in [-0.15, -0.1) is 11.8 Å².